The maximum atomic E-state index is 4.36. The van der Waals surface area contributed by atoms with Crippen LogP contribution in [0.5, 0.6) is 0 Å². The Balaban J connectivity index is 1.90. The molecule has 1 aromatic carbocycles. The first-order chi connectivity index (χ1) is 9.24. The van der Waals surface area contributed by atoms with Gasteiger partial charge in [-0.15, -0.1) is 5.10 Å². The number of hydrogen-bond donors (Lipinski definition) is 1. The number of fused-ring (bicyclic) bond motifs is 1. The molecular formula is C16H21N3. The predicted molar refractivity (Wildman–Crippen MR) is 79.3 cm³/mol. The number of aryl methyl sites for hydroxylation is 1. The molecule has 0 amide bonds. The zero-order valence-electron chi connectivity index (χ0n) is 11.7. The average Bonchev–Trinajstić information content (AvgIpc) is 2.42. The summed E-state index contributed by atoms with van der Waals surface area (Å²) in [5.74, 6) is 1.76. The molecule has 0 spiro atoms. The van der Waals surface area contributed by atoms with Gasteiger partial charge in [0.05, 0.1) is 5.69 Å². The van der Waals surface area contributed by atoms with E-state index >= 15 is 0 Å². The van der Waals surface area contributed by atoms with Crippen molar-refractivity contribution in [2.75, 3.05) is 5.32 Å². The summed E-state index contributed by atoms with van der Waals surface area (Å²) in [5, 5.41) is 14.6. The van der Waals surface area contributed by atoms with Gasteiger partial charge in [-0.2, -0.15) is 5.10 Å². The van der Waals surface area contributed by atoms with Gasteiger partial charge in [0.15, 0.2) is 5.82 Å². The molecule has 1 aromatic heterocycles. The number of aromatic nitrogens is 2. The number of nitrogens with zero attached hydrogens (tertiary/aromatic N) is 2. The summed E-state index contributed by atoms with van der Waals surface area (Å²) in [4.78, 5) is 0. The van der Waals surface area contributed by atoms with Crippen LogP contribution in [0, 0.1) is 12.8 Å². The lowest BCUT2D eigenvalue weighted by Crippen LogP contribution is -2.26. The van der Waals surface area contributed by atoms with Gasteiger partial charge < -0.3 is 5.32 Å². The fraction of sp³-hybridized carbons (Fsp3) is 0.500. The van der Waals surface area contributed by atoms with Gasteiger partial charge >= 0.3 is 0 Å². The van der Waals surface area contributed by atoms with Crippen LogP contribution in [0.3, 0.4) is 0 Å². The van der Waals surface area contributed by atoms with E-state index in [4.69, 9.17) is 0 Å². The van der Waals surface area contributed by atoms with E-state index in [9.17, 15) is 0 Å². The van der Waals surface area contributed by atoms with Crippen LogP contribution in [0.1, 0.15) is 38.3 Å². The minimum absolute atomic E-state index is 0.546. The second kappa shape index (κ2) is 5.16. The molecule has 0 bridgehead atoms. The predicted octanol–water partition coefficient (Wildman–Crippen LogP) is 3.93. The van der Waals surface area contributed by atoms with E-state index in [1.807, 2.05) is 6.92 Å². The molecule has 1 fully saturated rings. The minimum atomic E-state index is 0.546. The summed E-state index contributed by atoms with van der Waals surface area (Å²) in [6.07, 6.45) is 5.16. The molecule has 100 valence electrons. The largest absolute Gasteiger partial charge is 0.365 e. The van der Waals surface area contributed by atoms with Crippen molar-refractivity contribution in [3.05, 3.63) is 30.0 Å². The van der Waals surface area contributed by atoms with E-state index in [1.165, 1.54) is 36.5 Å². The Hall–Kier alpha value is -1.64. The third kappa shape index (κ3) is 2.55. The van der Waals surface area contributed by atoms with Gasteiger partial charge in [0.2, 0.25) is 0 Å². The van der Waals surface area contributed by atoms with Gasteiger partial charge in [0, 0.05) is 16.8 Å². The van der Waals surface area contributed by atoms with Crippen molar-refractivity contribution in [1.29, 1.82) is 0 Å². The molecule has 1 aliphatic carbocycles. The normalized spacial score (nSPS) is 23.5. The van der Waals surface area contributed by atoms with Crippen molar-refractivity contribution in [3.8, 4) is 0 Å². The van der Waals surface area contributed by atoms with Gasteiger partial charge in [-0.1, -0.05) is 44.0 Å². The monoisotopic (exact) mass is 255 g/mol. The zero-order valence-corrected chi connectivity index (χ0v) is 11.7. The van der Waals surface area contributed by atoms with Crippen LogP contribution in [-0.2, 0) is 0 Å². The van der Waals surface area contributed by atoms with Crippen LogP contribution in [0.15, 0.2) is 24.3 Å². The molecule has 1 N–H and O–H groups in total. The zero-order chi connectivity index (χ0) is 13.2. The molecule has 2 aromatic rings. The average molecular weight is 255 g/mol. The second-order valence-corrected chi connectivity index (χ2v) is 5.79. The highest BCUT2D eigenvalue weighted by atomic mass is 15.2. The van der Waals surface area contributed by atoms with Gasteiger partial charge in [0.25, 0.3) is 0 Å². The fourth-order valence-corrected chi connectivity index (χ4v) is 3.10. The molecule has 1 saturated carbocycles. The van der Waals surface area contributed by atoms with E-state index in [1.54, 1.807) is 0 Å². The molecule has 0 aliphatic heterocycles. The van der Waals surface area contributed by atoms with Gasteiger partial charge in [0.1, 0.15) is 0 Å². The summed E-state index contributed by atoms with van der Waals surface area (Å²) >= 11 is 0. The molecule has 1 aliphatic rings. The van der Waals surface area contributed by atoms with Crippen molar-refractivity contribution in [2.24, 2.45) is 5.92 Å². The van der Waals surface area contributed by atoms with E-state index in [2.05, 4.69) is 46.7 Å². The van der Waals surface area contributed by atoms with Crippen LogP contribution in [0.2, 0.25) is 0 Å². The molecule has 1 heterocycles. The van der Waals surface area contributed by atoms with E-state index in [0.717, 1.165) is 17.4 Å². The number of nitrogens with one attached hydrogen (secondary N) is 1. The van der Waals surface area contributed by atoms with E-state index < -0.39 is 0 Å². The smallest absolute Gasteiger partial charge is 0.156 e. The van der Waals surface area contributed by atoms with Crippen LogP contribution < -0.4 is 5.32 Å². The number of rotatable bonds is 2. The van der Waals surface area contributed by atoms with Crippen molar-refractivity contribution in [2.45, 2.75) is 45.6 Å². The first-order valence-electron chi connectivity index (χ1n) is 7.22. The maximum Gasteiger partial charge on any atom is 0.156 e. The van der Waals surface area contributed by atoms with Gasteiger partial charge in [-0.05, 0) is 25.7 Å². The SMILES string of the molecule is Cc1nnc(NC2CCCC(C)C2)c2ccccc12. The Kier molecular flexibility index (Phi) is 3.36. The third-order valence-electron chi connectivity index (χ3n) is 4.15. The topological polar surface area (TPSA) is 37.8 Å². The summed E-state index contributed by atoms with van der Waals surface area (Å²) in [5.41, 5.74) is 0.998. The van der Waals surface area contributed by atoms with Crippen LogP contribution in [0.25, 0.3) is 10.8 Å². The minimum Gasteiger partial charge on any atom is -0.365 e. The molecular weight excluding hydrogens is 234 g/mol. The Morgan fingerprint density at radius 3 is 2.68 bits per heavy atom. The first kappa shape index (κ1) is 12.4. The molecule has 2 unspecified atom stereocenters. The van der Waals surface area contributed by atoms with Crippen LogP contribution >= 0.6 is 0 Å². The summed E-state index contributed by atoms with van der Waals surface area (Å²) in [6, 6.07) is 8.92. The molecule has 0 saturated heterocycles. The molecule has 2 atom stereocenters. The summed E-state index contributed by atoms with van der Waals surface area (Å²) in [7, 11) is 0. The lowest BCUT2D eigenvalue weighted by molar-refractivity contribution is 0.358. The number of benzene rings is 1. The standard InChI is InChI=1S/C16H21N3/c1-11-6-5-7-13(10-11)17-16-15-9-4-3-8-14(15)12(2)18-19-16/h3-4,8-9,11,13H,5-7,10H2,1-2H3,(H,17,19). The van der Waals surface area contributed by atoms with Crippen molar-refractivity contribution in [3.63, 3.8) is 0 Å². The lowest BCUT2D eigenvalue weighted by atomic mass is 9.87. The number of anilines is 1. The molecule has 3 heteroatoms. The van der Waals surface area contributed by atoms with Gasteiger partial charge in [-0.3, -0.25) is 0 Å². The molecule has 0 radical (unpaired) electrons. The van der Waals surface area contributed by atoms with E-state index in [-0.39, 0.29) is 0 Å². The highest BCUT2D eigenvalue weighted by Crippen LogP contribution is 2.28. The number of hydrogen-bond acceptors (Lipinski definition) is 3. The highest BCUT2D eigenvalue weighted by Gasteiger charge is 2.19. The van der Waals surface area contributed by atoms with Crippen LogP contribution in [-0.4, -0.2) is 16.2 Å². The van der Waals surface area contributed by atoms with Crippen molar-refractivity contribution in [1.82, 2.24) is 10.2 Å². The molecule has 3 rings (SSSR count). The summed E-state index contributed by atoms with van der Waals surface area (Å²) in [6.45, 7) is 4.36. The Morgan fingerprint density at radius 1 is 1.11 bits per heavy atom. The van der Waals surface area contributed by atoms with Crippen molar-refractivity contribution < 1.29 is 0 Å². The highest BCUT2D eigenvalue weighted by molar-refractivity contribution is 5.92. The van der Waals surface area contributed by atoms with Crippen molar-refractivity contribution >= 4 is 16.6 Å². The maximum absolute atomic E-state index is 4.36. The lowest BCUT2D eigenvalue weighted by Gasteiger charge is -2.28. The Bertz CT molecular complexity index is 579. The first-order valence-corrected chi connectivity index (χ1v) is 7.22. The van der Waals surface area contributed by atoms with Crippen LogP contribution in [0.4, 0.5) is 5.82 Å². The Labute approximate surface area is 114 Å². The quantitative estimate of drug-likeness (QED) is 0.883. The molecule has 3 nitrogen and oxygen atoms in total. The van der Waals surface area contributed by atoms with E-state index in [0.29, 0.717) is 6.04 Å². The fourth-order valence-electron chi connectivity index (χ4n) is 3.10. The Morgan fingerprint density at radius 2 is 1.89 bits per heavy atom. The third-order valence-corrected chi connectivity index (χ3v) is 4.15. The summed E-state index contributed by atoms with van der Waals surface area (Å²) < 4.78 is 0. The molecule has 19 heavy (non-hydrogen) atoms. The second-order valence-electron chi connectivity index (χ2n) is 5.79. The van der Waals surface area contributed by atoms with Gasteiger partial charge in [-0.25, -0.2) is 0 Å².